The van der Waals surface area contributed by atoms with Gasteiger partial charge in [0, 0.05) is 30.7 Å². The molecule has 1 fully saturated rings. The molecular formula is C19H28ClN3O. The van der Waals surface area contributed by atoms with E-state index in [4.69, 9.17) is 11.6 Å². The summed E-state index contributed by atoms with van der Waals surface area (Å²) in [5, 5.41) is 3.86. The first-order valence-electron chi connectivity index (χ1n) is 8.59. The molecule has 1 N–H and O–H groups in total. The summed E-state index contributed by atoms with van der Waals surface area (Å²) in [7, 11) is 3.97. The fraction of sp³-hybridized carbons (Fsp3) is 0.526. The standard InChI is InChI=1S/C19H28ClN3O/c1-22(2)11-5-8-19(24)21-14-16-9-12-23(13-10-16)15-17-6-3-4-7-18(17)20/h3-8,16H,9-15H2,1-2H3,(H,21,24)/b8-5+. The first-order valence-corrected chi connectivity index (χ1v) is 8.97. The molecule has 1 heterocycles. The van der Waals surface area contributed by atoms with E-state index < -0.39 is 0 Å². The third-order valence-corrected chi connectivity index (χ3v) is 4.73. The van der Waals surface area contributed by atoms with Crippen molar-refractivity contribution < 1.29 is 4.79 Å². The number of likely N-dealkylation sites (tertiary alicyclic amines) is 1. The van der Waals surface area contributed by atoms with Crippen LogP contribution in [0.5, 0.6) is 0 Å². The van der Waals surface area contributed by atoms with Gasteiger partial charge in [0.25, 0.3) is 0 Å². The maximum Gasteiger partial charge on any atom is 0.243 e. The van der Waals surface area contributed by atoms with Gasteiger partial charge in [0.2, 0.25) is 5.91 Å². The Hall–Kier alpha value is -1.36. The second-order valence-electron chi connectivity index (χ2n) is 6.72. The Kier molecular flexibility index (Phi) is 7.76. The summed E-state index contributed by atoms with van der Waals surface area (Å²) in [5.41, 5.74) is 1.19. The average Bonchev–Trinajstić information content (AvgIpc) is 2.56. The molecule has 1 saturated heterocycles. The van der Waals surface area contributed by atoms with Gasteiger partial charge in [0.15, 0.2) is 0 Å². The smallest absolute Gasteiger partial charge is 0.243 e. The Morgan fingerprint density at radius 2 is 2.04 bits per heavy atom. The van der Waals surface area contributed by atoms with Crippen LogP contribution in [0, 0.1) is 5.92 Å². The lowest BCUT2D eigenvalue weighted by molar-refractivity contribution is -0.116. The van der Waals surface area contributed by atoms with Gasteiger partial charge in [-0.2, -0.15) is 0 Å². The Balaban J connectivity index is 1.67. The third kappa shape index (κ3) is 6.63. The number of hydrogen-bond donors (Lipinski definition) is 1. The predicted molar refractivity (Wildman–Crippen MR) is 100 cm³/mol. The zero-order valence-corrected chi connectivity index (χ0v) is 15.4. The zero-order chi connectivity index (χ0) is 17.4. The van der Waals surface area contributed by atoms with Crippen molar-refractivity contribution in [3.8, 4) is 0 Å². The van der Waals surface area contributed by atoms with E-state index in [-0.39, 0.29) is 5.91 Å². The van der Waals surface area contributed by atoms with Gasteiger partial charge in [-0.3, -0.25) is 9.69 Å². The summed E-state index contributed by atoms with van der Waals surface area (Å²) >= 11 is 6.23. The van der Waals surface area contributed by atoms with Crippen LogP contribution < -0.4 is 5.32 Å². The molecule has 2 rings (SSSR count). The highest BCUT2D eigenvalue weighted by Crippen LogP contribution is 2.21. The largest absolute Gasteiger partial charge is 0.352 e. The molecule has 132 valence electrons. The molecule has 1 aliphatic rings. The Morgan fingerprint density at radius 1 is 1.33 bits per heavy atom. The van der Waals surface area contributed by atoms with Crippen molar-refractivity contribution in [1.29, 1.82) is 0 Å². The number of amides is 1. The number of nitrogens with one attached hydrogen (secondary N) is 1. The van der Waals surface area contributed by atoms with Gasteiger partial charge in [0.05, 0.1) is 0 Å². The Labute approximate surface area is 150 Å². The van der Waals surface area contributed by atoms with E-state index in [1.807, 2.05) is 43.3 Å². The first-order chi connectivity index (χ1) is 11.5. The van der Waals surface area contributed by atoms with Crippen LogP contribution in [-0.2, 0) is 11.3 Å². The molecule has 0 unspecified atom stereocenters. The molecule has 0 saturated carbocycles. The van der Waals surface area contributed by atoms with Crippen molar-refractivity contribution >= 4 is 17.5 Å². The molecule has 0 spiro atoms. The van der Waals surface area contributed by atoms with Gasteiger partial charge in [0.1, 0.15) is 0 Å². The van der Waals surface area contributed by atoms with E-state index in [9.17, 15) is 4.79 Å². The maximum absolute atomic E-state index is 11.8. The molecule has 0 aliphatic carbocycles. The number of piperidine rings is 1. The molecule has 1 aromatic carbocycles. The van der Waals surface area contributed by atoms with Crippen LogP contribution in [0.3, 0.4) is 0 Å². The molecule has 1 amide bonds. The second kappa shape index (κ2) is 9.82. The second-order valence-corrected chi connectivity index (χ2v) is 7.13. The number of carbonyl (C=O) groups excluding carboxylic acids is 1. The molecule has 0 radical (unpaired) electrons. The van der Waals surface area contributed by atoms with E-state index in [1.54, 1.807) is 6.08 Å². The van der Waals surface area contributed by atoms with E-state index >= 15 is 0 Å². The number of benzene rings is 1. The van der Waals surface area contributed by atoms with Gasteiger partial charge in [-0.1, -0.05) is 35.9 Å². The molecule has 1 aliphatic heterocycles. The van der Waals surface area contributed by atoms with Gasteiger partial charge in [-0.25, -0.2) is 0 Å². The van der Waals surface area contributed by atoms with Crippen LogP contribution in [0.1, 0.15) is 18.4 Å². The number of halogens is 1. The molecule has 1 aromatic rings. The predicted octanol–water partition coefficient (Wildman–Crippen LogP) is 2.79. The summed E-state index contributed by atoms with van der Waals surface area (Å²) in [6.45, 7) is 4.58. The molecule has 0 aromatic heterocycles. The van der Waals surface area contributed by atoms with Gasteiger partial charge in [-0.15, -0.1) is 0 Å². The van der Waals surface area contributed by atoms with Gasteiger partial charge < -0.3 is 10.2 Å². The highest BCUT2D eigenvalue weighted by molar-refractivity contribution is 6.31. The monoisotopic (exact) mass is 349 g/mol. The van der Waals surface area contributed by atoms with Crippen LogP contribution in [0.25, 0.3) is 0 Å². The Morgan fingerprint density at radius 3 is 2.71 bits per heavy atom. The van der Waals surface area contributed by atoms with Crippen LogP contribution >= 0.6 is 11.6 Å². The Bertz CT molecular complexity index is 551. The topological polar surface area (TPSA) is 35.6 Å². The van der Waals surface area contributed by atoms with Crippen LogP contribution in [0.2, 0.25) is 5.02 Å². The maximum atomic E-state index is 11.8. The van der Waals surface area contributed by atoms with Crippen molar-refractivity contribution in [3.05, 3.63) is 47.0 Å². The molecule has 0 atom stereocenters. The number of rotatable bonds is 7. The summed E-state index contributed by atoms with van der Waals surface area (Å²) in [4.78, 5) is 16.2. The van der Waals surface area contributed by atoms with Crippen molar-refractivity contribution in [2.75, 3.05) is 40.3 Å². The molecule has 4 nitrogen and oxygen atoms in total. The third-order valence-electron chi connectivity index (χ3n) is 4.36. The lowest BCUT2D eigenvalue weighted by Gasteiger charge is -2.32. The average molecular weight is 350 g/mol. The zero-order valence-electron chi connectivity index (χ0n) is 14.7. The number of nitrogens with zero attached hydrogens (tertiary/aromatic N) is 2. The number of hydrogen-bond acceptors (Lipinski definition) is 3. The lowest BCUT2D eigenvalue weighted by atomic mass is 9.96. The summed E-state index contributed by atoms with van der Waals surface area (Å²) in [6.07, 6.45) is 5.76. The van der Waals surface area contributed by atoms with E-state index in [1.165, 1.54) is 5.56 Å². The summed E-state index contributed by atoms with van der Waals surface area (Å²) in [5.74, 6) is 0.578. The molecule has 5 heteroatoms. The fourth-order valence-corrected chi connectivity index (χ4v) is 3.09. The SMILES string of the molecule is CN(C)C/C=C/C(=O)NCC1CCN(Cc2ccccc2Cl)CC1. The lowest BCUT2D eigenvalue weighted by Crippen LogP contribution is -2.38. The normalized spacial score (nSPS) is 16.8. The van der Waals surface area contributed by atoms with Crippen LogP contribution in [0.4, 0.5) is 0 Å². The number of likely N-dealkylation sites (N-methyl/N-ethyl adjacent to an activating group) is 1. The van der Waals surface area contributed by atoms with Crippen LogP contribution in [0.15, 0.2) is 36.4 Å². The first kappa shape index (κ1) is 19.0. The summed E-state index contributed by atoms with van der Waals surface area (Å²) in [6, 6.07) is 8.04. The van der Waals surface area contributed by atoms with Crippen molar-refractivity contribution in [2.24, 2.45) is 5.92 Å². The van der Waals surface area contributed by atoms with Gasteiger partial charge >= 0.3 is 0 Å². The van der Waals surface area contributed by atoms with Crippen LogP contribution in [-0.4, -0.2) is 56.0 Å². The van der Waals surface area contributed by atoms with Crippen molar-refractivity contribution in [1.82, 2.24) is 15.1 Å². The van der Waals surface area contributed by atoms with Crippen molar-refractivity contribution in [3.63, 3.8) is 0 Å². The van der Waals surface area contributed by atoms with E-state index in [0.717, 1.165) is 50.6 Å². The number of carbonyl (C=O) groups is 1. The molecular weight excluding hydrogens is 322 g/mol. The van der Waals surface area contributed by atoms with E-state index in [2.05, 4.69) is 16.3 Å². The highest BCUT2D eigenvalue weighted by atomic mass is 35.5. The highest BCUT2D eigenvalue weighted by Gasteiger charge is 2.19. The minimum Gasteiger partial charge on any atom is -0.352 e. The molecule has 24 heavy (non-hydrogen) atoms. The summed E-state index contributed by atoms with van der Waals surface area (Å²) < 4.78 is 0. The van der Waals surface area contributed by atoms with Gasteiger partial charge in [-0.05, 0) is 57.6 Å². The van der Waals surface area contributed by atoms with E-state index in [0.29, 0.717) is 5.92 Å². The molecule has 0 bridgehead atoms. The van der Waals surface area contributed by atoms with Crippen molar-refractivity contribution in [2.45, 2.75) is 19.4 Å². The minimum atomic E-state index is 0.00958. The fourth-order valence-electron chi connectivity index (χ4n) is 2.89. The quantitative estimate of drug-likeness (QED) is 0.769. The minimum absolute atomic E-state index is 0.00958.